The number of carbonyl (C=O) groups excluding carboxylic acids is 1. The molecule has 4 aromatic rings. The lowest BCUT2D eigenvalue weighted by Gasteiger charge is -2.25. The molecule has 3 aromatic carbocycles. The van der Waals surface area contributed by atoms with Gasteiger partial charge >= 0.3 is 5.97 Å². The van der Waals surface area contributed by atoms with Crippen molar-refractivity contribution in [3.63, 3.8) is 0 Å². The number of aryl methyl sites for hydroxylation is 1. The van der Waals surface area contributed by atoms with Crippen LogP contribution in [0.2, 0.25) is 0 Å². The molecule has 35 heavy (non-hydrogen) atoms. The molecule has 1 aliphatic carbocycles. The van der Waals surface area contributed by atoms with Gasteiger partial charge in [0.05, 0.1) is 17.0 Å². The highest BCUT2D eigenvalue weighted by Crippen LogP contribution is 2.40. The molecular weight excluding hydrogens is 524 g/mol. The van der Waals surface area contributed by atoms with Crippen molar-refractivity contribution in [2.45, 2.75) is 31.2 Å². The van der Waals surface area contributed by atoms with Crippen molar-refractivity contribution in [3.8, 4) is 0 Å². The fourth-order valence-electron chi connectivity index (χ4n) is 5.26. The van der Waals surface area contributed by atoms with E-state index in [1.165, 1.54) is 5.56 Å². The number of hydrogen-bond donors (Lipinski definition) is 3. The molecule has 0 saturated carbocycles. The Balaban J connectivity index is 1.45. The molecule has 2 N–H and O–H groups in total. The Labute approximate surface area is 217 Å². The van der Waals surface area contributed by atoms with Crippen molar-refractivity contribution in [2.75, 3.05) is 5.75 Å². The quantitative estimate of drug-likeness (QED) is 0.209. The van der Waals surface area contributed by atoms with Gasteiger partial charge in [-0.15, -0.1) is 0 Å². The van der Waals surface area contributed by atoms with Crippen LogP contribution in [0.5, 0.6) is 0 Å². The van der Waals surface area contributed by atoms with Crippen LogP contribution in [0.25, 0.3) is 21.8 Å². The number of carboxylic acids is 1. The summed E-state index contributed by atoms with van der Waals surface area (Å²) in [7, 11) is 0. The fourth-order valence-corrected chi connectivity index (χ4v) is 6.09. The Morgan fingerprint density at radius 2 is 1.71 bits per heavy atom. The van der Waals surface area contributed by atoms with Crippen LogP contribution in [0.4, 0.5) is 0 Å². The first-order valence-electron chi connectivity index (χ1n) is 11.6. The van der Waals surface area contributed by atoms with Crippen molar-refractivity contribution in [1.82, 2.24) is 10.3 Å². The van der Waals surface area contributed by atoms with E-state index in [4.69, 9.17) is 4.98 Å². The molecule has 178 valence electrons. The number of aromatic nitrogens is 1. The average molecular weight is 549 g/mol. The summed E-state index contributed by atoms with van der Waals surface area (Å²) in [5.74, 6) is -1.37. The summed E-state index contributed by atoms with van der Waals surface area (Å²) in [5, 5.41) is 14.7. The van der Waals surface area contributed by atoms with Crippen LogP contribution in [-0.2, 0) is 22.4 Å². The van der Waals surface area contributed by atoms with Gasteiger partial charge in [-0.1, -0.05) is 58.4 Å². The number of para-hydroxylation sites is 2. The molecule has 0 bridgehead atoms. The largest absolute Gasteiger partial charge is 0.480 e. The maximum Gasteiger partial charge on any atom is 0.326 e. The van der Waals surface area contributed by atoms with E-state index in [2.05, 4.69) is 46.0 Å². The molecule has 0 spiro atoms. The number of rotatable bonds is 7. The Morgan fingerprint density at radius 3 is 2.34 bits per heavy atom. The lowest BCUT2D eigenvalue weighted by molar-refractivity contribution is -0.142. The molecule has 1 aromatic heterocycles. The number of carbonyl (C=O) groups is 2. The summed E-state index contributed by atoms with van der Waals surface area (Å²) in [6.07, 6.45) is 1.91. The molecule has 3 unspecified atom stereocenters. The monoisotopic (exact) mass is 548 g/mol. The number of nitrogens with one attached hydrogen (secondary N) is 1. The van der Waals surface area contributed by atoms with Crippen molar-refractivity contribution in [3.05, 3.63) is 87.9 Å². The van der Waals surface area contributed by atoms with Crippen LogP contribution in [0.15, 0.2) is 71.2 Å². The van der Waals surface area contributed by atoms with Crippen molar-refractivity contribution in [1.29, 1.82) is 0 Å². The number of pyridine rings is 1. The number of amides is 1. The van der Waals surface area contributed by atoms with Gasteiger partial charge in [0.25, 0.3) is 0 Å². The molecule has 0 aliphatic heterocycles. The maximum atomic E-state index is 13.4. The first-order valence-corrected chi connectivity index (χ1v) is 13.1. The minimum atomic E-state index is -1.06. The summed E-state index contributed by atoms with van der Waals surface area (Å²) >= 11 is 8.00. The lowest BCUT2D eigenvalue weighted by atomic mass is 9.87. The predicted octanol–water partition coefficient (Wildman–Crippen LogP) is 5.54. The third kappa shape index (κ3) is 4.67. The van der Waals surface area contributed by atoms with Crippen molar-refractivity contribution >= 4 is 62.2 Å². The molecule has 3 atom stereocenters. The van der Waals surface area contributed by atoms with E-state index in [1.54, 1.807) is 0 Å². The molecule has 1 amide bonds. The van der Waals surface area contributed by atoms with E-state index >= 15 is 0 Å². The fraction of sp³-hybridized carbons (Fsp3) is 0.250. The van der Waals surface area contributed by atoms with Gasteiger partial charge in [-0.3, -0.25) is 4.79 Å². The van der Waals surface area contributed by atoms with Gasteiger partial charge < -0.3 is 10.4 Å². The summed E-state index contributed by atoms with van der Waals surface area (Å²) in [4.78, 5) is 30.5. The standard InChI is InChI=1S/C28H25BrN2O3S/c29-17-10-12-18-16(13-17)9-11-19(18)23(15-35)27(32)31-26(28(33)34)14-22-20-5-1-3-7-24(20)30-25-8-4-2-6-21(22)25/h1-8,10,12-13,19,23,26,35H,9,11,14-15H2,(H,31,32)(H,33,34). The second kappa shape index (κ2) is 9.99. The topological polar surface area (TPSA) is 79.3 Å². The van der Waals surface area contributed by atoms with Crippen LogP contribution in [0, 0.1) is 5.92 Å². The average Bonchev–Trinajstić information content (AvgIpc) is 3.26. The van der Waals surface area contributed by atoms with E-state index < -0.39 is 17.9 Å². The number of hydrogen-bond acceptors (Lipinski definition) is 4. The maximum absolute atomic E-state index is 13.4. The number of benzene rings is 3. The molecular formula is C28H25BrN2O3S. The van der Waals surface area contributed by atoms with Crippen LogP contribution in [0.3, 0.4) is 0 Å². The van der Waals surface area contributed by atoms with Crippen molar-refractivity contribution < 1.29 is 14.7 Å². The van der Waals surface area contributed by atoms with E-state index in [0.717, 1.165) is 50.2 Å². The summed E-state index contributed by atoms with van der Waals surface area (Å²) in [6.45, 7) is 0. The lowest BCUT2D eigenvalue weighted by Crippen LogP contribution is -2.46. The Kier molecular flexibility index (Phi) is 6.80. The second-order valence-corrected chi connectivity index (χ2v) is 10.3. The third-order valence-electron chi connectivity index (χ3n) is 6.97. The molecule has 0 fully saturated rings. The number of aliphatic carboxylic acids is 1. The summed E-state index contributed by atoms with van der Waals surface area (Å²) in [5.41, 5.74) is 4.86. The van der Waals surface area contributed by atoms with Gasteiger partial charge in [0.2, 0.25) is 5.91 Å². The highest BCUT2D eigenvalue weighted by molar-refractivity contribution is 9.10. The minimum Gasteiger partial charge on any atom is -0.480 e. The highest BCUT2D eigenvalue weighted by atomic mass is 79.9. The van der Waals surface area contributed by atoms with Gasteiger partial charge in [-0.25, -0.2) is 9.78 Å². The number of thiol groups is 1. The molecule has 1 aliphatic rings. The summed E-state index contributed by atoms with van der Waals surface area (Å²) < 4.78 is 1.02. The molecule has 5 nitrogen and oxygen atoms in total. The van der Waals surface area contributed by atoms with Gasteiger partial charge in [-0.2, -0.15) is 12.6 Å². The zero-order valence-electron chi connectivity index (χ0n) is 18.9. The molecule has 0 radical (unpaired) electrons. The zero-order chi connectivity index (χ0) is 24.5. The van der Waals surface area contributed by atoms with E-state index in [0.29, 0.717) is 5.75 Å². The number of nitrogens with zero attached hydrogens (tertiary/aromatic N) is 1. The first-order chi connectivity index (χ1) is 17.0. The highest BCUT2D eigenvalue weighted by Gasteiger charge is 2.35. The Hall–Kier alpha value is -2.90. The molecule has 5 rings (SSSR count). The van der Waals surface area contributed by atoms with Crippen LogP contribution >= 0.6 is 28.6 Å². The molecule has 0 saturated heterocycles. The van der Waals surface area contributed by atoms with Crippen LogP contribution in [0.1, 0.15) is 29.0 Å². The van der Waals surface area contributed by atoms with Gasteiger partial charge in [0.1, 0.15) is 6.04 Å². The summed E-state index contributed by atoms with van der Waals surface area (Å²) in [6, 6.07) is 20.5. The number of halogens is 1. The number of carboxylic acid groups (broad SMARTS) is 1. The minimum absolute atomic E-state index is 0.0210. The van der Waals surface area contributed by atoms with Crippen LogP contribution < -0.4 is 5.32 Å². The van der Waals surface area contributed by atoms with E-state index in [1.807, 2.05) is 54.6 Å². The second-order valence-electron chi connectivity index (χ2n) is 9.01. The Morgan fingerprint density at radius 1 is 1.06 bits per heavy atom. The normalized spacial score (nSPS) is 16.7. The van der Waals surface area contributed by atoms with E-state index in [-0.39, 0.29) is 18.2 Å². The van der Waals surface area contributed by atoms with E-state index in [9.17, 15) is 14.7 Å². The Bertz CT molecular complexity index is 1390. The predicted molar refractivity (Wildman–Crippen MR) is 145 cm³/mol. The first kappa shape index (κ1) is 23.8. The smallest absolute Gasteiger partial charge is 0.326 e. The zero-order valence-corrected chi connectivity index (χ0v) is 21.4. The molecule has 7 heteroatoms. The van der Waals surface area contributed by atoms with Crippen LogP contribution in [-0.4, -0.2) is 33.8 Å². The number of fused-ring (bicyclic) bond motifs is 3. The molecule has 1 heterocycles. The van der Waals surface area contributed by atoms with Gasteiger partial charge in [0.15, 0.2) is 0 Å². The third-order valence-corrected chi connectivity index (χ3v) is 7.86. The van der Waals surface area contributed by atoms with Crippen molar-refractivity contribution in [2.24, 2.45) is 5.92 Å². The SMILES string of the molecule is O=C(O)C(Cc1c2ccccc2nc2ccccc12)NC(=O)C(CS)C1CCc2cc(Br)ccc21. The van der Waals surface area contributed by atoms with Gasteiger partial charge in [0, 0.05) is 27.4 Å². The van der Waals surface area contributed by atoms with Gasteiger partial charge in [-0.05, 0) is 59.7 Å².